The molecule has 82 valence electrons. The Morgan fingerprint density at radius 3 is 3.20 bits per heavy atom. The second kappa shape index (κ2) is 4.72. The Morgan fingerprint density at radius 1 is 1.73 bits per heavy atom. The average molecular weight is 225 g/mol. The van der Waals surface area contributed by atoms with E-state index in [0.717, 1.165) is 30.2 Å². The number of thiazole rings is 1. The van der Waals surface area contributed by atoms with E-state index in [0.29, 0.717) is 12.5 Å². The Hall–Kier alpha value is -0.940. The minimum absolute atomic E-state index is 0.173. The molecule has 1 aromatic rings. The third kappa shape index (κ3) is 3.00. The summed E-state index contributed by atoms with van der Waals surface area (Å²) in [5.41, 5.74) is 1.07. The monoisotopic (exact) mass is 225 g/mol. The summed E-state index contributed by atoms with van der Waals surface area (Å²) >= 11 is 1.67. The van der Waals surface area contributed by atoms with Crippen molar-refractivity contribution in [1.29, 1.82) is 0 Å². The molecule has 15 heavy (non-hydrogen) atoms. The first-order valence-electron chi connectivity index (χ1n) is 5.15. The van der Waals surface area contributed by atoms with Gasteiger partial charge in [0.15, 0.2) is 0 Å². The lowest BCUT2D eigenvalue weighted by atomic mass is 10.2. The van der Waals surface area contributed by atoms with Crippen LogP contribution in [-0.4, -0.2) is 23.5 Å². The van der Waals surface area contributed by atoms with Crippen molar-refractivity contribution >= 4 is 17.2 Å². The molecule has 2 rings (SSSR count). The fraction of sp³-hybridized carbons (Fsp3) is 0.600. The summed E-state index contributed by atoms with van der Waals surface area (Å²) in [6.45, 7) is 3.63. The molecule has 4 nitrogen and oxygen atoms in total. The molecule has 1 aromatic heterocycles. The van der Waals surface area contributed by atoms with Gasteiger partial charge in [0, 0.05) is 36.6 Å². The Kier molecular flexibility index (Phi) is 3.33. The van der Waals surface area contributed by atoms with E-state index in [-0.39, 0.29) is 5.91 Å². The van der Waals surface area contributed by atoms with Crippen LogP contribution in [-0.2, 0) is 11.3 Å². The summed E-state index contributed by atoms with van der Waals surface area (Å²) in [5, 5.41) is 9.40. The van der Waals surface area contributed by atoms with E-state index in [1.165, 1.54) is 0 Å². The first-order chi connectivity index (χ1) is 7.24. The number of amides is 1. The van der Waals surface area contributed by atoms with Gasteiger partial charge in [0.1, 0.15) is 5.01 Å². The van der Waals surface area contributed by atoms with Gasteiger partial charge in [-0.05, 0) is 13.3 Å². The Bertz CT molecular complexity index is 350. The molecule has 1 saturated heterocycles. The van der Waals surface area contributed by atoms with Gasteiger partial charge in [-0.25, -0.2) is 4.98 Å². The zero-order valence-corrected chi connectivity index (χ0v) is 9.56. The number of aromatic nitrogens is 1. The predicted molar refractivity (Wildman–Crippen MR) is 59.7 cm³/mol. The van der Waals surface area contributed by atoms with E-state index in [4.69, 9.17) is 0 Å². The number of nitrogens with zero attached hydrogens (tertiary/aromatic N) is 1. The third-order valence-electron chi connectivity index (χ3n) is 2.42. The van der Waals surface area contributed by atoms with Gasteiger partial charge < -0.3 is 10.6 Å². The highest BCUT2D eigenvalue weighted by atomic mass is 32.1. The van der Waals surface area contributed by atoms with Crippen LogP contribution in [0, 0.1) is 6.92 Å². The van der Waals surface area contributed by atoms with Crippen molar-refractivity contribution in [2.24, 2.45) is 0 Å². The molecule has 2 N–H and O–H groups in total. The summed E-state index contributed by atoms with van der Waals surface area (Å²) in [6.07, 6.45) is 1.62. The lowest BCUT2D eigenvalue weighted by molar-refractivity contribution is -0.119. The van der Waals surface area contributed by atoms with E-state index in [1.54, 1.807) is 11.3 Å². The molecule has 5 heteroatoms. The van der Waals surface area contributed by atoms with Gasteiger partial charge in [0.05, 0.1) is 0 Å². The number of hydrogen-bond acceptors (Lipinski definition) is 4. The van der Waals surface area contributed by atoms with Gasteiger partial charge in [-0.3, -0.25) is 4.79 Å². The highest BCUT2D eigenvalue weighted by Gasteiger charge is 2.19. The second-order valence-electron chi connectivity index (χ2n) is 3.82. The maximum absolute atomic E-state index is 10.9. The van der Waals surface area contributed by atoms with Crippen molar-refractivity contribution < 1.29 is 4.79 Å². The first kappa shape index (κ1) is 10.6. The van der Waals surface area contributed by atoms with Gasteiger partial charge in [0.2, 0.25) is 5.91 Å². The summed E-state index contributed by atoms with van der Waals surface area (Å²) in [5.74, 6) is 0.173. The van der Waals surface area contributed by atoms with E-state index in [9.17, 15) is 4.79 Å². The fourth-order valence-electron chi connectivity index (χ4n) is 1.67. The molecule has 0 saturated carbocycles. The molecule has 1 atom stereocenters. The fourth-order valence-corrected chi connectivity index (χ4v) is 2.41. The van der Waals surface area contributed by atoms with Crippen molar-refractivity contribution in [3.63, 3.8) is 0 Å². The molecule has 0 spiro atoms. The summed E-state index contributed by atoms with van der Waals surface area (Å²) in [7, 11) is 0. The number of rotatable bonds is 4. The van der Waals surface area contributed by atoms with E-state index < -0.39 is 0 Å². The van der Waals surface area contributed by atoms with Crippen molar-refractivity contribution in [2.45, 2.75) is 32.4 Å². The Labute approximate surface area is 93.1 Å². The third-order valence-corrected chi connectivity index (χ3v) is 3.39. The van der Waals surface area contributed by atoms with Crippen LogP contribution in [0.2, 0.25) is 0 Å². The molecule has 0 aromatic carbocycles. The largest absolute Gasteiger partial charge is 0.352 e. The van der Waals surface area contributed by atoms with Crippen LogP contribution < -0.4 is 10.6 Å². The number of aryl methyl sites for hydroxylation is 1. The number of hydrogen-bond donors (Lipinski definition) is 2. The quantitative estimate of drug-likeness (QED) is 0.797. The van der Waals surface area contributed by atoms with Crippen LogP contribution >= 0.6 is 11.3 Å². The van der Waals surface area contributed by atoms with Gasteiger partial charge >= 0.3 is 0 Å². The normalized spacial score (nSPS) is 20.6. The first-order valence-corrected chi connectivity index (χ1v) is 6.03. The lowest BCUT2D eigenvalue weighted by Crippen LogP contribution is -2.35. The van der Waals surface area contributed by atoms with Crippen molar-refractivity contribution in [3.05, 3.63) is 16.1 Å². The maximum Gasteiger partial charge on any atom is 0.220 e. The van der Waals surface area contributed by atoms with Gasteiger partial charge in [-0.2, -0.15) is 0 Å². The molecule has 0 aliphatic carbocycles. The van der Waals surface area contributed by atoms with Crippen LogP contribution in [0.1, 0.15) is 23.5 Å². The minimum atomic E-state index is 0.173. The maximum atomic E-state index is 10.9. The van der Waals surface area contributed by atoms with Crippen LogP contribution in [0.5, 0.6) is 0 Å². The molecule has 2 heterocycles. The zero-order valence-electron chi connectivity index (χ0n) is 8.75. The molecule has 1 fully saturated rings. The average Bonchev–Trinajstić information content (AvgIpc) is 2.76. The highest BCUT2D eigenvalue weighted by molar-refractivity contribution is 7.09. The second-order valence-corrected chi connectivity index (χ2v) is 4.76. The molecule has 1 unspecified atom stereocenters. The van der Waals surface area contributed by atoms with Crippen molar-refractivity contribution in [2.75, 3.05) is 6.54 Å². The van der Waals surface area contributed by atoms with Crippen LogP contribution in [0.4, 0.5) is 0 Å². The minimum Gasteiger partial charge on any atom is -0.352 e. The van der Waals surface area contributed by atoms with Crippen LogP contribution in [0.3, 0.4) is 0 Å². The van der Waals surface area contributed by atoms with Gasteiger partial charge in [0.25, 0.3) is 0 Å². The lowest BCUT2D eigenvalue weighted by Gasteiger charge is -2.09. The molecule has 1 aliphatic rings. The predicted octanol–water partition coefficient (Wildman–Crippen LogP) is 0.820. The standard InChI is InChI=1S/C10H15N3OS/c1-7-6-15-10(12-7)5-11-4-8-2-3-9(14)13-8/h6,8,11H,2-5H2,1H3,(H,13,14). The van der Waals surface area contributed by atoms with E-state index >= 15 is 0 Å². The topological polar surface area (TPSA) is 54.0 Å². The van der Waals surface area contributed by atoms with Crippen LogP contribution in [0.15, 0.2) is 5.38 Å². The SMILES string of the molecule is Cc1csc(CNCC2CCC(=O)N2)n1. The van der Waals surface area contributed by atoms with E-state index in [1.807, 2.05) is 12.3 Å². The number of carbonyl (C=O) groups excluding carboxylic acids is 1. The molecule has 1 aliphatic heterocycles. The zero-order chi connectivity index (χ0) is 10.7. The van der Waals surface area contributed by atoms with Crippen molar-refractivity contribution in [3.8, 4) is 0 Å². The molecule has 0 radical (unpaired) electrons. The van der Waals surface area contributed by atoms with E-state index in [2.05, 4.69) is 15.6 Å². The van der Waals surface area contributed by atoms with Gasteiger partial charge in [-0.1, -0.05) is 0 Å². The van der Waals surface area contributed by atoms with Gasteiger partial charge in [-0.15, -0.1) is 11.3 Å². The number of nitrogens with one attached hydrogen (secondary N) is 2. The molecule has 0 bridgehead atoms. The summed E-state index contributed by atoms with van der Waals surface area (Å²) < 4.78 is 0. The Morgan fingerprint density at radius 2 is 2.60 bits per heavy atom. The van der Waals surface area contributed by atoms with Crippen molar-refractivity contribution in [1.82, 2.24) is 15.6 Å². The molecular formula is C10H15N3OS. The van der Waals surface area contributed by atoms with Crippen LogP contribution in [0.25, 0.3) is 0 Å². The summed E-state index contributed by atoms with van der Waals surface area (Å²) in [6, 6.07) is 0.304. The molecular weight excluding hydrogens is 210 g/mol. The Balaban J connectivity index is 1.69. The smallest absolute Gasteiger partial charge is 0.220 e. The summed E-state index contributed by atoms with van der Waals surface area (Å²) in [4.78, 5) is 15.3. The number of carbonyl (C=O) groups is 1. The molecule has 1 amide bonds. The highest BCUT2D eigenvalue weighted by Crippen LogP contribution is 2.09.